The van der Waals surface area contributed by atoms with E-state index >= 15 is 0 Å². The quantitative estimate of drug-likeness (QED) is 0.705. The van der Waals surface area contributed by atoms with Gasteiger partial charge in [-0.15, -0.1) is 0 Å². The van der Waals surface area contributed by atoms with Crippen LogP contribution in [0.25, 0.3) is 0 Å². The maximum atomic E-state index is 11.6. The lowest BCUT2D eigenvalue weighted by Crippen LogP contribution is -2.45. The zero-order valence-corrected chi connectivity index (χ0v) is 10.2. The molecule has 3 N–H and O–H groups in total. The molecule has 1 amide bonds. The average molecular weight is 237 g/mol. The molecule has 0 spiro atoms. The Kier molecular flexibility index (Phi) is 4.66. The van der Waals surface area contributed by atoms with E-state index in [4.69, 9.17) is 5.11 Å². The molecule has 1 rings (SSSR count). The van der Waals surface area contributed by atoms with Crippen LogP contribution in [0, 0.1) is 5.41 Å². The van der Waals surface area contributed by atoms with Crippen LogP contribution in [-0.4, -0.2) is 28.8 Å². The van der Waals surface area contributed by atoms with Gasteiger partial charge in [-0.3, -0.25) is 4.79 Å². The van der Waals surface area contributed by atoms with Crippen LogP contribution in [0.3, 0.4) is 0 Å². The molecular formula is C13H19NO3. The van der Waals surface area contributed by atoms with Gasteiger partial charge in [0.05, 0.1) is 6.61 Å². The standard InChI is InChI=1S/C13H19NO3/c1-13(2,9-15)11(16)12(17)14-8-10-6-4-3-5-7-10/h3-7,11,15-16H,8-9H2,1-2H3,(H,14,17)/t11-/m0/s1. The molecule has 1 atom stereocenters. The third kappa shape index (κ3) is 3.84. The minimum absolute atomic E-state index is 0.243. The van der Waals surface area contributed by atoms with Gasteiger partial charge < -0.3 is 15.5 Å². The molecule has 0 radical (unpaired) electrons. The molecule has 0 heterocycles. The number of aliphatic hydroxyl groups excluding tert-OH is 2. The lowest BCUT2D eigenvalue weighted by atomic mass is 9.87. The van der Waals surface area contributed by atoms with E-state index in [0.29, 0.717) is 6.54 Å². The van der Waals surface area contributed by atoms with Crippen LogP contribution in [-0.2, 0) is 11.3 Å². The number of nitrogens with one attached hydrogen (secondary N) is 1. The first-order valence-corrected chi connectivity index (χ1v) is 5.58. The number of rotatable bonds is 5. The van der Waals surface area contributed by atoms with Crippen molar-refractivity contribution in [3.63, 3.8) is 0 Å². The van der Waals surface area contributed by atoms with Gasteiger partial charge in [-0.2, -0.15) is 0 Å². The highest BCUT2D eigenvalue weighted by molar-refractivity contribution is 5.81. The molecule has 0 aromatic heterocycles. The van der Waals surface area contributed by atoms with E-state index in [2.05, 4.69) is 5.32 Å². The van der Waals surface area contributed by atoms with Crippen molar-refractivity contribution in [2.75, 3.05) is 6.61 Å². The van der Waals surface area contributed by atoms with E-state index in [1.54, 1.807) is 13.8 Å². The van der Waals surface area contributed by atoms with Crippen LogP contribution < -0.4 is 5.32 Å². The SMILES string of the molecule is CC(C)(CO)[C@@H](O)C(=O)NCc1ccccc1. The molecule has 0 aliphatic rings. The van der Waals surface area contributed by atoms with Crippen molar-refractivity contribution in [3.05, 3.63) is 35.9 Å². The number of hydrogen-bond acceptors (Lipinski definition) is 3. The van der Waals surface area contributed by atoms with Crippen LogP contribution in [0.4, 0.5) is 0 Å². The summed E-state index contributed by atoms with van der Waals surface area (Å²) >= 11 is 0. The molecule has 0 saturated heterocycles. The number of carbonyl (C=O) groups excluding carboxylic acids is 1. The number of benzene rings is 1. The normalized spacial score (nSPS) is 13.2. The van der Waals surface area contributed by atoms with Crippen LogP contribution in [0.15, 0.2) is 30.3 Å². The molecule has 4 heteroatoms. The highest BCUT2D eigenvalue weighted by atomic mass is 16.3. The van der Waals surface area contributed by atoms with Gasteiger partial charge in [-0.1, -0.05) is 44.2 Å². The van der Waals surface area contributed by atoms with Crippen molar-refractivity contribution in [3.8, 4) is 0 Å². The van der Waals surface area contributed by atoms with Gasteiger partial charge in [0.25, 0.3) is 0 Å². The number of aliphatic hydroxyl groups is 2. The first-order valence-electron chi connectivity index (χ1n) is 5.58. The third-order valence-corrected chi connectivity index (χ3v) is 2.71. The second-order valence-corrected chi connectivity index (χ2v) is 4.75. The Morgan fingerprint density at radius 3 is 2.47 bits per heavy atom. The van der Waals surface area contributed by atoms with Gasteiger partial charge in [0, 0.05) is 12.0 Å². The molecule has 0 aliphatic heterocycles. The highest BCUT2D eigenvalue weighted by Crippen LogP contribution is 2.19. The Morgan fingerprint density at radius 1 is 1.35 bits per heavy atom. The van der Waals surface area contributed by atoms with Crippen molar-refractivity contribution in [1.82, 2.24) is 5.32 Å². The molecule has 0 aliphatic carbocycles. The number of carbonyl (C=O) groups is 1. The summed E-state index contributed by atoms with van der Waals surface area (Å²) in [5, 5.41) is 21.4. The lowest BCUT2D eigenvalue weighted by molar-refractivity contribution is -0.137. The Bertz CT molecular complexity index is 362. The maximum absolute atomic E-state index is 11.6. The van der Waals surface area contributed by atoms with Crippen LogP contribution in [0.1, 0.15) is 19.4 Å². The fourth-order valence-corrected chi connectivity index (χ4v) is 1.32. The second kappa shape index (κ2) is 5.80. The van der Waals surface area contributed by atoms with Crippen molar-refractivity contribution >= 4 is 5.91 Å². The predicted molar refractivity (Wildman–Crippen MR) is 65.2 cm³/mol. The van der Waals surface area contributed by atoms with E-state index in [-0.39, 0.29) is 6.61 Å². The molecule has 0 bridgehead atoms. The van der Waals surface area contributed by atoms with E-state index in [1.165, 1.54) is 0 Å². The zero-order valence-electron chi connectivity index (χ0n) is 10.2. The topological polar surface area (TPSA) is 69.6 Å². The molecule has 0 saturated carbocycles. The predicted octanol–water partition coefficient (Wildman–Crippen LogP) is 0.682. The number of hydrogen-bond donors (Lipinski definition) is 3. The van der Waals surface area contributed by atoms with Crippen molar-refractivity contribution in [2.24, 2.45) is 5.41 Å². The van der Waals surface area contributed by atoms with E-state index in [0.717, 1.165) is 5.56 Å². The molecule has 0 unspecified atom stereocenters. The summed E-state index contributed by atoms with van der Waals surface area (Å²) in [6, 6.07) is 9.45. The Morgan fingerprint density at radius 2 is 1.94 bits per heavy atom. The molecule has 4 nitrogen and oxygen atoms in total. The highest BCUT2D eigenvalue weighted by Gasteiger charge is 2.32. The second-order valence-electron chi connectivity index (χ2n) is 4.75. The summed E-state index contributed by atoms with van der Waals surface area (Å²) in [5.74, 6) is -0.465. The van der Waals surface area contributed by atoms with Crippen molar-refractivity contribution < 1.29 is 15.0 Å². The summed E-state index contributed by atoms with van der Waals surface area (Å²) < 4.78 is 0. The first-order chi connectivity index (χ1) is 7.97. The summed E-state index contributed by atoms with van der Waals surface area (Å²) in [6.07, 6.45) is -1.21. The van der Waals surface area contributed by atoms with Crippen molar-refractivity contribution in [2.45, 2.75) is 26.5 Å². The van der Waals surface area contributed by atoms with Gasteiger partial charge in [-0.05, 0) is 5.56 Å². The van der Waals surface area contributed by atoms with Crippen LogP contribution in [0.2, 0.25) is 0 Å². The number of amides is 1. The first kappa shape index (κ1) is 13.7. The molecule has 1 aromatic carbocycles. The summed E-state index contributed by atoms with van der Waals surface area (Å²) in [6.45, 7) is 3.41. The maximum Gasteiger partial charge on any atom is 0.249 e. The summed E-state index contributed by atoms with van der Waals surface area (Å²) in [7, 11) is 0. The van der Waals surface area contributed by atoms with Crippen molar-refractivity contribution in [1.29, 1.82) is 0 Å². The average Bonchev–Trinajstić information content (AvgIpc) is 2.36. The Balaban J connectivity index is 2.51. The Labute approximate surface area is 101 Å². The molecule has 0 fully saturated rings. The third-order valence-electron chi connectivity index (χ3n) is 2.71. The summed E-state index contributed by atoms with van der Waals surface area (Å²) in [5.41, 5.74) is 0.135. The van der Waals surface area contributed by atoms with E-state index in [9.17, 15) is 9.90 Å². The zero-order chi connectivity index (χ0) is 12.9. The van der Waals surface area contributed by atoms with Crippen LogP contribution in [0.5, 0.6) is 0 Å². The Hall–Kier alpha value is -1.39. The van der Waals surface area contributed by atoms with Gasteiger partial charge >= 0.3 is 0 Å². The minimum atomic E-state index is -1.21. The lowest BCUT2D eigenvalue weighted by Gasteiger charge is -2.27. The largest absolute Gasteiger partial charge is 0.396 e. The van der Waals surface area contributed by atoms with E-state index < -0.39 is 17.4 Å². The molecular weight excluding hydrogens is 218 g/mol. The molecule has 17 heavy (non-hydrogen) atoms. The fourth-order valence-electron chi connectivity index (χ4n) is 1.32. The molecule has 1 aromatic rings. The van der Waals surface area contributed by atoms with Gasteiger partial charge in [0.2, 0.25) is 5.91 Å². The fraction of sp³-hybridized carbons (Fsp3) is 0.462. The molecule has 94 valence electrons. The van der Waals surface area contributed by atoms with Crippen LogP contribution >= 0.6 is 0 Å². The summed E-state index contributed by atoms with van der Waals surface area (Å²) in [4.78, 5) is 11.6. The van der Waals surface area contributed by atoms with Gasteiger partial charge in [0.1, 0.15) is 6.10 Å². The van der Waals surface area contributed by atoms with Gasteiger partial charge in [-0.25, -0.2) is 0 Å². The smallest absolute Gasteiger partial charge is 0.249 e. The monoisotopic (exact) mass is 237 g/mol. The van der Waals surface area contributed by atoms with E-state index in [1.807, 2.05) is 30.3 Å². The minimum Gasteiger partial charge on any atom is -0.396 e. The van der Waals surface area contributed by atoms with Gasteiger partial charge in [0.15, 0.2) is 0 Å².